The minimum atomic E-state index is -0.111. The average Bonchev–Trinajstić information content (AvgIpc) is 2.84. The summed E-state index contributed by atoms with van der Waals surface area (Å²) in [7, 11) is 0. The van der Waals surface area contributed by atoms with E-state index in [0.29, 0.717) is 22.2 Å². The monoisotopic (exact) mass is 322 g/mol. The highest BCUT2D eigenvalue weighted by molar-refractivity contribution is 6.32. The Morgan fingerprint density at radius 2 is 1.95 bits per heavy atom. The molecule has 21 heavy (non-hydrogen) atoms. The lowest BCUT2D eigenvalue weighted by molar-refractivity contribution is 0.0998. The molecule has 0 aliphatic rings. The van der Waals surface area contributed by atoms with Crippen molar-refractivity contribution >= 4 is 29.0 Å². The van der Waals surface area contributed by atoms with Gasteiger partial charge in [0.1, 0.15) is 11.4 Å². The number of Topliss-reactive ketones (excluding diaryl/α,β-unsaturated/α-hetero) is 1. The zero-order valence-electron chi connectivity index (χ0n) is 11.7. The lowest BCUT2D eigenvalue weighted by Crippen LogP contribution is -2.11. The molecule has 2 aromatic rings. The van der Waals surface area contributed by atoms with E-state index in [-0.39, 0.29) is 17.1 Å². The maximum atomic E-state index is 11.6. The number of halogens is 2. The van der Waals surface area contributed by atoms with Gasteiger partial charge < -0.3 is 4.57 Å². The van der Waals surface area contributed by atoms with Gasteiger partial charge in [-0.15, -0.1) is 0 Å². The highest BCUT2D eigenvalue weighted by Crippen LogP contribution is 2.15. The van der Waals surface area contributed by atoms with Gasteiger partial charge in [-0.05, 0) is 37.3 Å². The molecule has 0 bridgehead atoms. The third kappa shape index (κ3) is 3.41. The Morgan fingerprint density at radius 3 is 2.57 bits per heavy atom. The van der Waals surface area contributed by atoms with Gasteiger partial charge in [0.05, 0.1) is 17.4 Å². The van der Waals surface area contributed by atoms with E-state index in [1.807, 2.05) is 13.8 Å². The molecule has 0 N–H and O–H groups in total. The van der Waals surface area contributed by atoms with E-state index in [2.05, 4.69) is 26.8 Å². The summed E-state index contributed by atoms with van der Waals surface area (Å²) < 4.78 is 1.77. The Hall–Kier alpha value is -1.90. The lowest BCUT2D eigenvalue weighted by Gasteiger charge is -2.11. The summed E-state index contributed by atoms with van der Waals surface area (Å²) in [4.78, 5) is 23.4. The fourth-order valence-electron chi connectivity index (χ4n) is 1.79. The van der Waals surface area contributed by atoms with Gasteiger partial charge in [-0.1, -0.05) is 11.6 Å². The van der Waals surface area contributed by atoms with Gasteiger partial charge >= 0.3 is 0 Å². The second kappa shape index (κ2) is 6.25. The molecular formula is C14H12Cl2N4O. The van der Waals surface area contributed by atoms with E-state index in [9.17, 15) is 4.79 Å². The van der Waals surface area contributed by atoms with Crippen molar-refractivity contribution in [2.75, 3.05) is 0 Å². The van der Waals surface area contributed by atoms with Crippen molar-refractivity contribution in [3.05, 3.63) is 39.9 Å². The second-order valence-corrected chi connectivity index (χ2v) is 5.32. The molecule has 7 heteroatoms. The molecule has 108 valence electrons. The van der Waals surface area contributed by atoms with E-state index in [0.717, 1.165) is 0 Å². The van der Waals surface area contributed by atoms with Crippen LogP contribution in [0.15, 0.2) is 12.4 Å². The zero-order valence-corrected chi connectivity index (χ0v) is 13.2. The molecule has 0 spiro atoms. The number of hydrogen-bond donors (Lipinski definition) is 0. The minimum Gasteiger partial charge on any atom is -0.313 e. The summed E-state index contributed by atoms with van der Waals surface area (Å²) in [5, 5.41) is 0.389. The highest BCUT2D eigenvalue weighted by atomic mass is 35.5. The molecule has 0 fully saturated rings. The van der Waals surface area contributed by atoms with Crippen LogP contribution >= 0.6 is 23.2 Å². The molecule has 0 unspecified atom stereocenters. The summed E-state index contributed by atoms with van der Waals surface area (Å²) in [6, 6.07) is 0.0557. The average molecular weight is 323 g/mol. The van der Waals surface area contributed by atoms with Crippen molar-refractivity contribution in [1.29, 1.82) is 0 Å². The van der Waals surface area contributed by atoms with Crippen LogP contribution in [0.2, 0.25) is 10.3 Å². The quantitative estimate of drug-likeness (QED) is 0.484. The summed E-state index contributed by atoms with van der Waals surface area (Å²) in [6.45, 7) is 5.38. The first kappa shape index (κ1) is 15.5. The van der Waals surface area contributed by atoms with Gasteiger partial charge in [-0.25, -0.2) is 15.0 Å². The standard InChI is InChI=1S/C14H12Cl2N4O/c1-8(2)20-10(6-17-13(20)9(3)21)4-5-12-11(15)7-18-14(16)19-12/h6-8H,1-3H3. The van der Waals surface area contributed by atoms with Gasteiger partial charge in [-0.3, -0.25) is 4.79 Å². The molecule has 0 atom stereocenters. The maximum absolute atomic E-state index is 11.6. The molecule has 0 aliphatic heterocycles. The van der Waals surface area contributed by atoms with Crippen LogP contribution in [0, 0.1) is 11.8 Å². The normalized spacial score (nSPS) is 10.4. The largest absolute Gasteiger partial charge is 0.313 e. The first-order valence-electron chi connectivity index (χ1n) is 6.18. The fourth-order valence-corrected chi connectivity index (χ4v) is 2.06. The minimum absolute atomic E-state index is 0.0557. The van der Waals surface area contributed by atoms with E-state index in [1.165, 1.54) is 13.1 Å². The van der Waals surface area contributed by atoms with Crippen molar-refractivity contribution in [3.63, 3.8) is 0 Å². The van der Waals surface area contributed by atoms with E-state index in [1.54, 1.807) is 10.8 Å². The first-order chi connectivity index (χ1) is 9.90. The van der Waals surface area contributed by atoms with Crippen molar-refractivity contribution in [2.24, 2.45) is 0 Å². The van der Waals surface area contributed by atoms with Crippen LogP contribution in [-0.4, -0.2) is 25.3 Å². The smallest absolute Gasteiger partial charge is 0.223 e. The molecule has 0 radical (unpaired) electrons. The third-order valence-corrected chi connectivity index (χ3v) is 3.11. The Morgan fingerprint density at radius 1 is 1.24 bits per heavy atom. The molecule has 2 aromatic heterocycles. The molecule has 0 amide bonds. The van der Waals surface area contributed by atoms with Crippen LogP contribution in [-0.2, 0) is 0 Å². The van der Waals surface area contributed by atoms with Crippen LogP contribution in [0.4, 0.5) is 0 Å². The Balaban J connectivity index is 2.48. The lowest BCUT2D eigenvalue weighted by atomic mass is 10.3. The van der Waals surface area contributed by atoms with Gasteiger partial charge in [0, 0.05) is 13.0 Å². The van der Waals surface area contributed by atoms with Crippen LogP contribution in [0.3, 0.4) is 0 Å². The van der Waals surface area contributed by atoms with Crippen LogP contribution < -0.4 is 0 Å². The first-order valence-corrected chi connectivity index (χ1v) is 6.94. The van der Waals surface area contributed by atoms with Gasteiger partial charge in [0.25, 0.3) is 0 Å². The SMILES string of the molecule is CC(=O)c1ncc(C#Cc2nc(Cl)ncc2Cl)n1C(C)C. The van der Waals surface area contributed by atoms with Crippen molar-refractivity contribution in [1.82, 2.24) is 19.5 Å². The van der Waals surface area contributed by atoms with E-state index < -0.39 is 0 Å². The number of ketones is 1. The van der Waals surface area contributed by atoms with E-state index in [4.69, 9.17) is 23.2 Å². The Kier molecular flexibility index (Phi) is 4.61. The number of imidazole rings is 1. The van der Waals surface area contributed by atoms with Crippen molar-refractivity contribution in [2.45, 2.75) is 26.8 Å². The zero-order chi connectivity index (χ0) is 15.6. The summed E-state index contributed by atoms with van der Waals surface area (Å²) in [5.41, 5.74) is 0.943. The van der Waals surface area contributed by atoms with Crippen LogP contribution in [0.1, 0.15) is 48.8 Å². The number of carbonyl (C=O) groups is 1. The number of rotatable bonds is 2. The molecule has 0 saturated carbocycles. The summed E-state index contributed by atoms with van der Waals surface area (Å²) >= 11 is 11.7. The number of carbonyl (C=O) groups excluding carboxylic acids is 1. The van der Waals surface area contributed by atoms with Crippen molar-refractivity contribution < 1.29 is 4.79 Å². The molecule has 0 aromatic carbocycles. The second-order valence-electron chi connectivity index (χ2n) is 4.57. The van der Waals surface area contributed by atoms with Gasteiger partial charge in [0.2, 0.25) is 5.28 Å². The molecule has 5 nitrogen and oxygen atoms in total. The Bertz CT molecular complexity index is 756. The molecular weight excluding hydrogens is 311 g/mol. The third-order valence-electron chi connectivity index (χ3n) is 2.65. The van der Waals surface area contributed by atoms with Crippen molar-refractivity contribution in [3.8, 4) is 11.8 Å². The van der Waals surface area contributed by atoms with Crippen LogP contribution in [0.25, 0.3) is 0 Å². The fraction of sp³-hybridized carbons (Fsp3) is 0.286. The predicted molar refractivity (Wildman–Crippen MR) is 80.6 cm³/mol. The number of nitrogens with zero attached hydrogens (tertiary/aromatic N) is 4. The molecule has 2 heterocycles. The summed E-state index contributed by atoms with van der Waals surface area (Å²) in [6.07, 6.45) is 2.95. The van der Waals surface area contributed by atoms with E-state index >= 15 is 0 Å². The number of aromatic nitrogens is 4. The number of hydrogen-bond acceptors (Lipinski definition) is 4. The molecule has 2 rings (SSSR count). The molecule has 0 saturated heterocycles. The highest BCUT2D eigenvalue weighted by Gasteiger charge is 2.14. The topological polar surface area (TPSA) is 60.7 Å². The van der Waals surface area contributed by atoms with Crippen LogP contribution in [0.5, 0.6) is 0 Å². The van der Waals surface area contributed by atoms with Gasteiger partial charge in [-0.2, -0.15) is 0 Å². The maximum Gasteiger partial charge on any atom is 0.223 e. The predicted octanol–water partition coefficient (Wildman–Crippen LogP) is 3.16. The molecule has 0 aliphatic carbocycles. The Labute approximate surface area is 132 Å². The van der Waals surface area contributed by atoms with Gasteiger partial charge in [0.15, 0.2) is 11.6 Å². The summed E-state index contributed by atoms with van der Waals surface area (Å²) in [5.74, 6) is 6.01.